The Bertz CT molecular complexity index is 2620. The molecule has 330 valence electrons. The number of carbonyl (C=O) groups is 2. The van der Waals surface area contributed by atoms with Crippen molar-refractivity contribution in [3.8, 4) is 6.07 Å². The Balaban J connectivity index is 1.15. The first kappa shape index (κ1) is 44.9. The molecule has 2 saturated heterocycles. The monoisotopic (exact) mass is 924 g/mol. The number of halogens is 2. The zero-order chi connectivity index (χ0) is 44.3. The fraction of sp³-hybridized carbons (Fsp3) is 0.455. The lowest BCUT2D eigenvalue weighted by Crippen LogP contribution is -2.34. The van der Waals surface area contributed by atoms with Gasteiger partial charge in [0.05, 0.1) is 38.6 Å². The number of imidazole rings is 1. The van der Waals surface area contributed by atoms with Crippen LogP contribution in [0.2, 0.25) is 0 Å². The lowest BCUT2D eigenvalue weighted by atomic mass is 10.1. The van der Waals surface area contributed by atoms with Gasteiger partial charge in [0.15, 0.2) is 52.9 Å². The molecule has 2 aliphatic heterocycles. The van der Waals surface area contributed by atoms with E-state index in [1.165, 1.54) is 0 Å². The van der Waals surface area contributed by atoms with Crippen molar-refractivity contribution in [1.29, 1.82) is 5.26 Å². The summed E-state index contributed by atoms with van der Waals surface area (Å²) in [6, 6.07) is 10.0. The second-order valence-electron chi connectivity index (χ2n) is 13.7. The summed E-state index contributed by atoms with van der Waals surface area (Å²) in [4.78, 5) is 66.8. The molecule has 5 N–H and O–H groups in total. The number of ether oxygens (including phenoxy) is 2. The Kier molecular flexibility index (Phi) is 13.9. The summed E-state index contributed by atoms with van der Waals surface area (Å²) >= 11 is 5.65. The third-order valence-corrected chi connectivity index (χ3v) is 12.1. The smallest absolute Gasteiger partial charge is 0.327 e. The van der Waals surface area contributed by atoms with Crippen molar-refractivity contribution in [3.63, 3.8) is 0 Å². The molecule has 6 heterocycles. The van der Waals surface area contributed by atoms with Gasteiger partial charge in [0.2, 0.25) is 11.9 Å². The van der Waals surface area contributed by atoms with Crippen LogP contribution in [0.15, 0.2) is 47.8 Å². The number of rotatable bonds is 17. The highest BCUT2D eigenvalue weighted by Gasteiger charge is 2.52. The van der Waals surface area contributed by atoms with Crippen LogP contribution in [0, 0.1) is 17.2 Å². The van der Waals surface area contributed by atoms with Gasteiger partial charge in [-0.1, -0.05) is 37.3 Å². The van der Waals surface area contributed by atoms with Gasteiger partial charge in [-0.2, -0.15) is 14.9 Å². The number of anilines is 2. The van der Waals surface area contributed by atoms with Gasteiger partial charge >= 0.3 is 15.0 Å². The van der Waals surface area contributed by atoms with Crippen LogP contribution >= 0.6 is 15.0 Å². The van der Waals surface area contributed by atoms with Crippen LogP contribution in [0.25, 0.3) is 22.3 Å². The molecule has 10 atom stereocenters. The molecular weight excluding hydrogens is 888 g/mol. The molecule has 0 spiro atoms. The number of nitriles is 1. The molecule has 0 bridgehead atoms. The molecule has 2 aliphatic rings. The molecule has 29 heteroatoms. The van der Waals surface area contributed by atoms with Gasteiger partial charge in [-0.25, -0.2) is 23.7 Å². The van der Waals surface area contributed by atoms with E-state index in [-0.39, 0.29) is 40.5 Å². The molecule has 24 nitrogen and oxygen atoms in total. The largest absolute Gasteiger partial charge is 0.394 e. The van der Waals surface area contributed by atoms with Gasteiger partial charge in [-0.3, -0.25) is 38.3 Å². The van der Waals surface area contributed by atoms with Crippen LogP contribution in [-0.2, 0) is 48.7 Å². The summed E-state index contributed by atoms with van der Waals surface area (Å²) in [5.41, 5.74) is -1.06. The number of benzene rings is 1. The quantitative estimate of drug-likeness (QED) is 0.0658. The molecular formula is C33H36F2N12O12P2S. The van der Waals surface area contributed by atoms with Crippen molar-refractivity contribution in [3.05, 3.63) is 58.9 Å². The number of amides is 2. The van der Waals surface area contributed by atoms with Crippen molar-refractivity contribution < 1.29 is 60.5 Å². The van der Waals surface area contributed by atoms with Crippen molar-refractivity contribution in [2.75, 3.05) is 30.5 Å². The molecule has 0 aliphatic carbocycles. The van der Waals surface area contributed by atoms with Gasteiger partial charge in [-0.05, 0) is 23.9 Å². The van der Waals surface area contributed by atoms with Crippen LogP contribution in [0.1, 0.15) is 43.1 Å². The number of fused-ring (bicyclic) bond motifs is 2. The lowest BCUT2D eigenvalue weighted by Gasteiger charge is -2.29. The Morgan fingerprint density at radius 3 is 2.53 bits per heavy atom. The summed E-state index contributed by atoms with van der Waals surface area (Å²) < 4.78 is 80.8. The van der Waals surface area contributed by atoms with E-state index < -0.39 is 107 Å². The van der Waals surface area contributed by atoms with Crippen LogP contribution in [-0.4, -0.2) is 123 Å². The van der Waals surface area contributed by atoms with Gasteiger partial charge in [-0.15, -0.1) is 5.10 Å². The first-order valence-corrected chi connectivity index (χ1v) is 22.3. The molecule has 62 heavy (non-hydrogen) atoms. The third kappa shape index (κ3) is 9.45. The number of nitrogens with zero attached hydrogens (tertiary/aromatic N) is 9. The van der Waals surface area contributed by atoms with E-state index in [1.807, 2.05) is 6.07 Å². The molecule has 5 aromatic rings. The maximum atomic E-state index is 16.3. The Morgan fingerprint density at radius 2 is 1.82 bits per heavy atom. The number of aromatic nitrogens is 9. The number of carbonyl (C=O) groups excluding carboxylic acids is 2. The summed E-state index contributed by atoms with van der Waals surface area (Å²) in [5.74, 6) is -1.84. The average molecular weight is 925 g/mol. The fourth-order valence-electron chi connectivity index (χ4n) is 6.31. The van der Waals surface area contributed by atoms with E-state index in [2.05, 4.69) is 45.9 Å². The molecule has 7 rings (SSSR count). The highest BCUT2D eigenvalue weighted by Crippen LogP contribution is 2.55. The number of aliphatic hydroxyl groups excluding tert-OH is 1. The molecule has 2 unspecified atom stereocenters. The summed E-state index contributed by atoms with van der Waals surface area (Å²) in [5, 5.41) is 32.2. The van der Waals surface area contributed by atoms with Gasteiger partial charge in [0, 0.05) is 11.5 Å². The fourth-order valence-corrected chi connectivity index (χ4v) is 8.88. The molecule has 4 aromatic heterocycles. The molecule has 2 amide bonds. The van der Waals surface area contributed by atoms with E-state index in [0.717, 1.165) is 21.9 Å². The Morgan fingerprint density at radius 1 is 1.06 bits per heavy atom. The van der Waals surface area contributed by atoms with E-state index >= 15 is 8.78 Å². The summed E-state index contributed by atoms with van der Waals surface area (Å²) in [6.45, 7) is -3.13. The van der Waals surface area contributed by atoms with E-state index in [9.17, 15) is 34.2 Å². The minimum absolute atomic E-state index is 0.0624. The van der Waals surface area contributed by atoms with E-state index in [4.69, 9.17) is 39.4 Å². The second-order valence-corrected chi connectivity index (χ2v) is 17.5. The minimum Gasteiger partial charge on any atom is -0.394 e. The van der Waals surface area contributed by atoms with Crippen molar-refractivity contribution in [1.82, 2.24) is 44.5 Å². The lowest BCUT2D eigenvalue weighted by molar-refractivity contribution is -0.118. The van der Waals surface area contributed by atoms with Crippen LogP contribution < -0.4 is 16.2 Å². The van der Waals surface area contributed by atoms with Crippen LogP contribution in [0.3, 0.4) is 0 Å². The first-order chi connectivity index (χ1) is 29.7. The Hall–Kier alpha value is -5.10. The van der Waals surface area contributed by atoms with Gasteiger partial charge in [0.1, 0.15) is 30.7 Å². The normalized spacial score (nSPS) is 25.2. The SMILES string of the molecule is CC(C)C(=O)Nc1nc2c(ncn2[C@@H]2O[C@H](CO)[C@@H](F)[C@H]2OP(=S)(OCCC#N)OC[C@H]2O[C@@H](n3nnc4c(NC(=O)c5ccccc5)ncnc43)[C@@H](F)[C@@H]2O[PH](=O)O)c(=O)[nH]1. The summed E-state index contributed by atoms with van der Waals surface area (Å²) in [7, 11) is -3.85. The minimum atomic E-state index is -4.30. The Labute approximate surface area is 353 Å². The predicted octanol–water partition coefficient (Wildman–Crippen LogP) is 1.99. The van der Waals surface area contributed by atoms with Crippen LogP contribution in [0.4, 0.5) is 20.5 Å². The maximum Gasteiger partial charge on any atom is 0.327 e. The standard InChI is InChI=1S/C33H36F2N12O12P2S/c1-15(2)28(49)42-33-41-27-22(30(51)43-33)39-14-46(27)32-24(19(34)17(11-48)56-32)59-61(62,54-10-6-9-36)55-12-18-23(58-60(52)53)20(35)31(57-18)47-26-21(44-45-47)25(37-13-38-26)40-29(50)16-7-4-3-5-8-16/h3-5,7-8,13-15,17-20,23-24,31-32,48,60H,6,10-12H2,1-2H3,(H,52,53)(H,37,38,40,50)(H2,41,42,43,49,51)/t17-,18-,19-,20+,23-,24-,31-,32-,61?/m1/s1. The molecule has 2 fully saturated rings. The molecule has 0 saturated carbocycles. The number of alkyl halides is 2. The zero-order valence-corrected chi connectivity index (χ0v) is 34.9. The number of aromatic amines is 1. The number of H-pyrrole nitrogens is 1. The number of aliphatic hydroxyl groups is 1. The van der Waals surface area contributed by atoms with Gasteiger partial charge in [0.25, 0.3) is 11.5 Å². The number of hydrogen-bond acceptors (Lipinski definition) is 19. The van der Waals surface area contributed by atoms with Crippen molar-refractivity contribution in [2.45, 2.75) is 69.5 Å². The first-order valence-electron chi connectivity index (χ1n) is 18.5. The average Bonchev–Trinajstić information content (AvgIpc) is 4.02. The number of nitrogens with one attached hydrogen (secondary N) is 3. The van der Waals surface area contributed by atoms with E-state index in [0.29, 0.717) is 5.56 Å². The van der Waals surface area contributed by atoms with Crippen LogP contribution in [0.5, 0.6) is 0 Å². The third-order valence-electron chi connectivity index (χ3n) is 9.30. The maximum absolute atomic E-state index is 16.3. The van der Waals surface area contributed by atoms with E-state index in [1.54, 1.807) is 44.2 Å². The van der Waals surface area contributed by atoms with Crippen molar-refractivity contribution in [2.24, 2.45) is 5.92 Å². The highest BCUT2D eigenvalue weighted by molar-refractivity contribution is 8.07. The highest BCUT2D eigenvalue weighted by atomic mass is 32.5. The zero-order valence-electron chi connectivity index (χ0n) is 32.2. The number of hydrogen-bond donors (Lipinski definition) is 5. The van der Waals surface area contributed by atoms with Crippen molar-refractivity contribution >= 4 is 72.7 Å². The summed E-state index contributed by atoms with van der Waals surface area (Å²) in [6.07, 6.45) is -12.6. The molecule has 0 radical (unpaired) electrons. The molecule has 1 aromatic carbocycles. The second kappa shape index (κ2) is 19.1. The predicted molar refractivity (Wildman–Crippen MR) is 211 cm³/mol. The van der Waals surface area contributed by atoms with Gasteiger partial charge < -0.3 is 38.4 Å². The topological polar surface area (TPSA) is 315 Å².